The molecule has 35 heavy (non-hydrogen) atoms. The lowest BCUT2D eigenvalue weighted by Crippen LogP contribution is -2.33. The van der Waals surface area contributed by atoms with E-state index in [1.54, 1.807) is 30.3 Å². The van der Waals surface area contributed by atoms with Crippen LogP contribution in [0, 0.1) is 0 Å². The summed E-state index contributed by atoms with van der Waals surface area (Å²) in [6, 6.07) is 18.1. The molecule has 1 amide bonds. The largest absolute Gasteiger partial charge is 0.481 e. The standard InChI is InChI=1S/C27H24N2O6/c1-3-29(13-12-25(31)32)18-9-10-21-24(15-18)34-23-11-8-17(28-16(2)30)14-22(23)27(21)20-7-5-4-6-19(20)26(33)35-27/h4-11,14-15H,3,12-13H2,1-2H3,(H,28,30)(H,31,32). The normalized spacial score (nSPS) is 17.0. The van der Waals surface area contributed by atoms with Gasteiger partial charge in [0, 0.05) is 54.1 Å². The van der Waals surface area contributed by atoms with Crippen LogP contribution in [-0.2, 0) is 19.9 Å². The second-order valence-electron chi connectivity index (χ2n) is 8.51. The SMILES string of the molecule is CCN(CCC(=O)O)c1ccc2c(c1)Oc1ccc(NC(C)=O)cc1C21OC(=O)c2ccccc21. The fraction of sp³-hybridized carbons (Fsp3) is 0.222. The monoisotopic (exact) mass is 472 g/mol. The van der Waals surface area contributed by atoms with E-state index >= 15 is 0 Å². The maximum absolute atomic E-state index is 13.0. The Bertz CT molecular complexity index is 1370. The van der Waals surface area contributed by atoms with Gasteiger partial charge in [-0.25, -0.2) is 4.79 Å². The molecule has 0 bridgehead atoms. The number of amides is 1. The van der Waals surface area contributed by atoms with Gasteiger partial charge in [0.05, 0.1) is 12.0 Å². The highest BCUT2D eigenvalue weighted by atomic mass is 16.6. The van der Waals surface area contributed by atoms with Gasteiger partial charge >= 0.3 is 11.9 Å². The van der Waals surface area contributed by atoms with Gasteiger partial charge in [0.1, 0.15) is 11.5 Å². The Balaban J connectivity index is 1.69. The van der Waals surface area contributed by atoms with Crippen LogP contribution in [0.4, 0.5) is 11.4 Å². The molecule has 0 radical (unpaired) electrons. The first-order valence-electron chi connectivity index (χ1n) is 11.4. The van der Waals surface area contributed by atoms with E-state index in [9.17, 15) is 14.4 Å². The molecule has 3 aromatic rings. The molecule has 2 heterocycles. The first-order valence-corrected chi connectivity index (χ1v) is 11.4. The van der Waals surface area contributed by atoms with Gasteiger partial charge in [0.2, 0.25) is 5.91 Å². The van der Waals surface area contributed by atoms with Gasteiger partial charge < -0.3 is 24.8 Å². The van der Waals surface area contributed by atoms with Crippen LogP contribution in [0.3, 0.4) is 0 Å². The number of rotatable bonds is 6. The number of carboxylic acid groups (broad SMARTS) is 1. The van der Waals surface area contributed by atoms with E-state index in [0.717, 1.165) is 5.69 Å². The van der Waals surface area contributed by atoms with Crippen molar-refractivity contribution in [3.8, 4) is 11.5 Å². The Morgan fingerprint density at radius 3 is 2.54 bits per heavy atom. The molecule has 0 aliphatic carbocycles. The number of hydrogen-bond acceptors (Lipinski definition) is 6. The number of hydrogen-bond donors (Lipinski definition) is 2. The van der Waals surface area contributed by atoms with Crippen molar-refractivity contribution in [2.24, 2.45) is 0 Å². The van der Waals surface area contributed by atoms with Crippen molar-refractivity contribution in [1.29, 1.82) is 0 Å². The predicted molar refractivity (Wildman–Crippen MR) is 129 cm³/mol. The number of carboxylic acids is 1. The topological polar surface area (TPSA) is 105 Å². The minimum absolute atomic E-state index is 0.00939. The van der Waals surface area contributed by atoms with Gasteiger partial charge in [0.25, 0.3) is 0 Å². The van der Waals surface area contributed by atoms with Gasteiger partial charge in [-0.05, 0) is 43.3 Å². The van der Waals surface area contributed by atoms with Crippen LogP contribution in [0.25, 0.3) is 0 Å². The van der Waals surface area contributed by atoms with Crippen molar-refractivity contribution < 1.29 is 29.0 Å². The highest BCUT2D eigenvalue weighted by molar-refractivity contribution is 5.97. The number of nitrogens with zero attached hydrogens (tertiary/aromatic N) is 1. The summed E-state index contributed by atoms with van der Waals surface area (Å²) in [6.45, 7) is 4.35. The van der Waals surface area contributed by atoms with Crippen molar-refractivity contribution in [3.05, 3.63) is 82.9 Å². The van der Waals surface area contributed by atoms with Crippen molar-refractivity contribution in [2.75, 3.05) is 23.3 Å². The summed E-state index contributed by atoms with van der Waals surface area (Å²) in [5.74, 6) is -0.506. The van der Waals surface area contributed by atoms with E-state index in [-0.39, 0.29) is 12.3 Å². The van der Waals surface area contributed by atoms with E-state index in [2.05, 4.69) is 5.32 Å². The molecular weight excluding hydrogens is 448 g/mol. The minimum Gasteiger partial charge on any atom is -0.481 e. The summed E-state index contributed by atoms with van der Waals surface area (Å²) in [6.07, 6.45) is 0.00939. The van der Waals surface area contributed by atoms with Crippen LogP contribution in [0.15, 0.2) is 60.7 Å². The molecule has 2 aliphatic rings. The number of aliphatic carboxylic acids is 1. The summed E-state index contributed by atoms with van der Waals surface area (Å²) in [5.41, 5.74) is 2.55. The molecule has 0 saturated carbocycles. The van der Waals surface area contributed by atoms with Gasteiger partial charge in [-0.3, -0.25) is 9.59 Å². The maximum atomic E-state index is 13.0. The molecule has 1 spiro atoms. The zero-order valence-corrected chi connectivity index (χ0v) is 19.3. The average molecular weight is 472 g/mol. The lowest BCUT2D eigenvalue weighted by atomic mass is 9.77. The fourth-order valence-corrected chi connectivity index (χ4v) is 4.84. The van der Waals surface area contributed by atoms with E-state index < -0.39 is 17.5 Å². The number of ether oxygens (including phenoxy) is 2. The Labute approximate surface area is 202 Å². The second kappa shape index (κ2) is 8.47. The number of esters is 1. The molecule has 0 fully saturated rings. The van der Waals surface area contributed by atoms with Crippen LogP contribution >= 0.6 is 0 Å². The second-order valence-corrected chi connectivity index (χ2v) is 8.51. The molecule has 2 N–H and O–H groups in total. The van der Waals surface area contributed by atoms with Gasteiger partial charge in [-0.1, -0.05) is 18.2 Å². The summed E-state index contributed by atoms with van der Waals surface area (Å²) in [4.78, 5) is 37.8. The molecular formula is C27H24N2O6. The number of fused-ring (bicyclic) bond motifs is 6. The average Bonchev–Trinajstić information content (AvgIpc) is 3.12. The Morgan fingerprint density at radius 2 is 1.80 bits per heavy atom. The Morgan fingerprint density at radius 1 is 1.00 bits per heavy atom. The van der Waals surface area contributed by atoms with Crippen LogP contribution in [0.5, 0.6) is 11.5 Å². The number of carbonyl (C=O) groups is 3. The first kappa shape index (κ1) is 22.5. The lowest BCUT2D eigenvalue weighted by molar-refractivity contribution is -0.136. The van der Waals surface area contributed by atoms with E-state index in [0.29, 0.717) is 52.5 Å². The highest BCUT2D eigenvalue weighted by Crippen LogP contribution is 2.56. The molecule has 0 aromatic heterocycles. The summed E-state index contributed by atoms with van der Waals surface area (Å²) < 4.78 is 12.4. The third-order valence-corrected chi connectivity index (χ3v) is 6.36. The predicted octanol–water partition coefficient (Wildman–Crippen LogP) is 4.51. The number of benzene rings is 3. The third kappa shape index (κ3) is 3.67. The highest BCUT2D eigenvalue weighted by Gasteiger charge is 2.53. The molecule has 2 aliphatic heterocycles. The van der Waals surface area contributed by atoms with Crippen molar-refractivity contribution in [3.63, 3.8) is 0 Å². The van der Waals surface area contributed by atoms with Crippen molar-refractivity contribution in [2.45, 2.75) is 25.9 Å². The van der Waals surface area contributed by atoms with Crippen molar-refractivity contribution in [1.82, 2.24) is 0 Å². The zero-order valence-electron chi connectivity index (χ0n) is 19.3. The van der Waals surface area contributed by atoms with E-state index in [1.807, 2.05) is 42.2 Å². The fourth-order valence-electron chi connectivity index (χ4n) is 4.84. The van der Waals surface area contributed by atoms with Crippen LogP contribution in [0.2, 0.25) is 0 Å². The zero-order chi connectivity index (χ0) is 24.7. The molecule has 8 nitrogen and oxygen atoms in total. The molecule has 3 aromatic carbocycles. The van der Waals surface area contributed by atoms with Gasteiger partial charge in [0.15, 0.2) is 5.60 Å². The summed E-state index contributed by atoms with van der Waals surface area (Å²) in [5, 5.41) is 11.9. The number of carbonyl (C=O) groups excluding carboxylic acids is 2. The number of anilines is 2. The molecule has 0 saturated heterocycles. The van der Waals surface area contributed by atoms with Gasteiger partial charge in [-0.15, -0.1) is 0 Å². The van der Waals surface area contributed by atoms with Gasteiger partial charge in [-0.2, -0.15) is 0 Å². The summed E-state index contributed by atoms with van der Waals surface area (Å²) in [7, 11) is 0. The van der Waals surface area contributed by atoms with E-state index in [4.69, 9.17) is 14.6 Å². The van der Waals surface area contributed by atoms with E-state index in [1.165, 1.54) is 6.92 Å². The molecule has 1 unspecified atom stereocenters. The molecule has 5 rings (SSSR count). The smallest absolute Gasteiger partial charge is 0.340 e. The molecule has 178 valence electrons. The van der Waals surface area contributed by atoms with Crippen molar-refractivity contribution >= 4 is 29.2 Å². The Hall–Kier alpha value is -4.33. The lowest BCUT2D eigenvalue weighted by Gasteiger charge is -2.37. The minimum atomic E-state index is -1.25. The summed E-state index contributed by atoms with van der Waals surface area (Å²) >= 11 is 0. The van der Waals surface area contributed by atoms with Crippen LogP contribution in [-0.4, -0.2) is 36.0 Å². The quantitative estimate of drug-likeness (QED) is 0.509. The Kier molecular flexibility index (Phi) is 5.43. The maximum Gasteiger partial charge on any atom is 0.340 e. The molecule has 1 atom stereocenters. The van der Waals surface area contributed by atoms with Crippen LogP contribution in [0.1, 0.15) is 47.3 Å². The first-order chi connectivity index (χ1) is 16.8. The number of nitrogens with one attached hydrogen (secondary N) is 1. The van der Waals surface area contributed by atoms with Crippen LogP contribution < -0.4 is 15.0 Å². The molecule has 8 heteroatoms. The third-order valence-electron chi connectivity index (χ3n) is 6.36.